The average molecular weight is 233 g/mol. The van der Waals surface area contributed by atoms with Crippen LogP contribution in [-0.4, -0.2) is 28.5 Å². The molecule has 6 heteroatoms. The minimum absolute atomic E-state index is 0.172. The molecule has 2 rings (SSSR count). The smallest absolute Gasteiger partial charge is 0.397 e. The van der Waals surface area contributed by atoms with Crippen molar-refractivity contribution in [3.8, 4) is 0 Å². The molecule has 0 saturated carbocycles. The third-order valence-electron chi connectivity index (χ3n) is 2.14. The lowest BCUT2D eigenvalue weighted by Crippen LogP contribution is -2.24. The highest BCUT2D eigenvalue weighted by Gasteiger charge is 2.14. The minimum Gasteiger partial charge on any atom is -0.459 e. The number of rotatable bonds is 2. The summed E-state index contributed by atoms with van der Waals surface area (Å²) in [6.07, 6.45) is 1.56. The maximum absolute atomic E-state index is 11.4. The molecule has 2 N–H and O–H groups in total. The van der Waals surface area contributed by atoms with Crippen LogP contribution in [0.25, 0.3) is 11.0 Å². The molecule has 0 atom stereocenters. The second-order valence-corrected chi connectivity index (χ2v) is 3.31. The lowest BCUT2D eigenvalue weighted by Gasteiger charge is -2.04. The summed E-state index contributed by atoms with van der Waals surface area (Å²) in [6, 6.07) is 5.10. The second-order valence-electron chi connectivity index (χ2n) is 3.31. The summed E-state index contributed by atoms with van der Waals surface area (Å²) >= 11 is 0. The van der Waals surface area contributed by atoms with E-state index in [0.29, 0.717) is 5.69 Å². The van der Waals surface area contributed by atoms with E-state index in [1.807, 2.05) is 0 Å². The molecule has 0 bridgehead atoms. The maximum Gasteiger partial charge on any atom is 0.397 e. The van der Waals surface area contributed by atoms with Gasteiger partial charge in [0.15, 0.2) is 0 Å². The summed E-state index contributed by atoms with van der Waals surface area (Å²) < 4.78 is 4.58. The summed E-state index contributed by atoms with van der Waals surface area (Å²) in [5, 5.41) is 2.45. The van der Waals surface area contributed by atoms with Crippen LogP contribution in [0.2, 0.25) is 0 Å². The number of hydrogen-bond acceptors (Lipinski definition) is 4. The number of hydrogen-bond donors (Lipinski definition) is 2. The predicted molar refractivity (Wildman–Crippen MR) is 61.4 cm³/mol. The van der Waals surface area contributed by atoms with Crippen molar-refractivity contribution in [3.63, 3.8) is 0 Å². The first-order chi connectivity index (χ1) is 8.20. The number of carbonyl (C=O) groups excluding carboxylic acids is 2. The van der Waals surface area contributed by atoms with Crippen LogP contribution in [-0.2, 0) is 14.3 Å². The Kier molecular flexibility index (Phi) is 3.04. The van der Waals surface area contributed by atoms with Gasteiger partial charge >= 0.3 is 11.9 Å². The second kappa shape index (κ2) is 4.65. The van der Waals surface area contributed by atoms with Gasteiger partial charge in [-0.1, -0.05) is 0 Å². The van der Waals surface area contributed by atoms with Gasteiger partial charge in [0, 0.05) is 5.69 Å². The number of benzene rings is 1. The fourth-order valence-corrected chi connectivity index (χ4v) is 1.39. The molecule has 0 saturated heterocycles. The molecule has 1 heterocycles. The first kappa shape index (κ1) is 11.1. The Morgan fingerprint density at radius 3 is 3.06 bits per heavy atom. The van der Waals surface area contributed by atoms with Crippen molar-refractivity contribution in [2.75, 3.05) is 11.9 Å². The van der Waals surface area contributed by atoms with Gasteiger partial charge in [-0.05, 0) is 25.1 Å². The van der Waals surface area contributed by atoms with Gasteiger partial charge in [0.25, 0.3) is 0 Å². The first-order valence-corrected chi connectivity index (χ1v) is 5.12. The van der Waals surface area contributed by atoms with Crippen molar-refractivity contribution >= 4 is 28.6 Å². The molecule has 0 aliphatic rings. The quantitative estimate of drug-likeness (QED) is 0.600. The van der Waals surface area contributed by atoms with Crippen molar-refractivity contribution in [3.05, 3.63) is 24.5 Å². The summed E-state index contributed by atoms with van der Waals surface area (Å²) in [5.74, 6) is -1.68. The largest absolute Gasteiger partial charge is 0.459 e. The van der Waals surface area contributed by atoms with Gasteiger partial charge < -0.3 is 15.0 Å². The summed E-state index contributed by atoms with van der Waals surface area (Å²) in [6.45, 7) is 1.81. The normalized spacial score (nSPS) is 10.2. The number of H-pyrrole nitrogens is 1. The van der Waals surface area contributed by atoms with Gasteiger partial charge in [0.05, 0.1) is 24.0 Å². The van der Waals surface area contributed by atoms with E-state index in [4.69, 9.17) is 0 Å². The van der Waals surface area contributed by atoms with E-state index in [1.54, 1.807) is 31.5 Å². The molecule has 17 heavy (non-hydrogen) atoms. The Morgan fingerprint density at radius 1 is 1.47 bits per heavy atom. The van der Waals surface area contributed by atoms with Crippen molar-refractivity contribution in [1.82, 2.24) is 9.97 Å². The van der Waals surface area contributed by atoms with Gasteiger partial charge in [-0.15, -0.1) is 0 Å². The fourth-order valence-electron chi connectivity index (χ4n) is 1.39. The molecule has 1 aromatic carbocycles. The lowest BCUT2D eigenvalue weighted by atomic mass is 10.3. The molecule has 0 spiro atoms. The summed E-state index contributed by atoms with van der Waals surface area (Å²) in [5.41, 5.74) is 2.09. The van der Waals surface area contributed by atoms with Gasteiger partial charge in [0.2, 0.25) is 0 Å². The number of nitrogens with one attached hydrogen (secondary N) is 2. The Morgan fingerprint density at radius 2 is 2.29 bits per heavy atom. The molecule has 0 fully saturated rings. The van der Waals surface area contributed by atoms with Crippen LogP contribution < -0.4 is 5.32 Å². The van der Waals surface area contributed by atoms with Gasteiger partial charge in [0.1, 0.15) is 0 Å². The molecule has 0 aliphatic heterocycles. The van der Waals surface area contributed by atoms with E-state index in [1.165, 1.54) is 0 Å². The Balaban J connectivity index is 2.12. The summed E-state index contributed by atoms with van der Waals surface area (Å²) in [4.78, 5) is 29.4. The molecular formula is C11H11N3O3. The van der Waals surface area contributed by atoms with Crippen molar-refractivity contribution in [2.24, 2.45) is 0 Å². The number of imidazole rings is 1. The van der Waals surface area contributed by atoms with Crippen LogP contribution in [0, 0.1) is 0 Å². The van der Waals surface area contributed by atoms with Crippen LogP contribution in [0.15, 0.2) is 24.5 Å². The standard InChI is InChI=1S/C11H11N3O3/c1-2-17-11(16)10(15)14-7-3-4-8-9(5-7)13-6-12-8/h3-6H,2H2,1H3,(H,12,13)(H,14,15). The third-order valence-corrected chi connectivity index (χ3v) is 2.14. The Bertz CT molecular complexity index is 562. The topological polar surface area (TPSA) is 84.1 Å². The zero-order valence-corrected chi connectivity index (χ0v) is 9.19. The van der Waals surface area contributed by atoms with Crippen LogP contribution in [0.1, 0.15) is 6.92 Å². The highest BCUT2D eigenvalue weighted by Crippen LogP contribution is 2.15. The summed E-state index contributed by atoms with van der Waals surface area (Å²) in [7, 11) is 0. The molecule has 1 aromatic heterocycles. The molecule has 1 amide bonds. The molecule has 6 nitrogen and oxygen atoms in total. The number of anilines is 1. The van der Waals surface area contributed by atoms with Gasteiger partial charge in [-0.25, -0.2) is 9.78 Å². The zero-order chi connectivity index (χ0) is 12.3. The lowest BCUT2D eigenvalue weighted by molar-refractivity contribution is -0.152. The third kappa shape index (κ3) is 2.41. The van der Waals surface area contributed by atoms with Crippen molar-refractivity contribution < 1.29 is 14.3 Å². The van der Waals surface area contributed by atoms with E-state index in [0.717, 1.165) is 11.0 Å². The predicted octanol–water partition coefficient (Wildman–Crippen LogP) is 1.06. The van der Waals surface area contributed by atoms with E-state index >= 15 is 0 Å². The molecule has 0 unspecified atom stereocenters. The van der Waals surface area contributed by atoms with Crippen molar-refractivity contribution in [2.45, 2.75) is 6.92 Å². The van der Waals surface area contributed by atoms with Crippen LogP contribution in [0.5, 0.6) is 0 Å². The van der Waals surface area contributed by atoms with Gasteiger partial charge in [-0.2, -0.15) is 0 Å². The number of amides is 1. The van der Waals surface area contributed by atoms with Crippen LogP contribution in [0.3, 0.4) is 0 Å². The number of fused-ring (bicyclic) bond motifs is 1. The molecular weight excluding hydrogens is 222 g/mol. The van der Waals surface area contributed by atoms with E-state index < -0.39 is 11.9 Å². The Hall–Kier alpha value is -2.37. The SMILES string of the molecule is CCOC(=O)C(=O)Nc1ccc2nc[nH]c2c1. The number of esters is 1. The first-order valence-electron chi connectivity index (χ1n) is 5.12. The number of ether oxygens (including phenoxy) is 1. The average Bonchev–Trinajstić information content (AvgIpc) is 2.76. The van der Waals surface area contributed by atoms with E-state index in [2.05, 4.69) is 20.0 Å². The van der Waals surface area contributed by atoms with Crippen molar-refractivity contribution in [1.29, 1.82) is 0 Å². The number of nitrogens with zero attached hydrogens (tertiary/aromatic N) is 1. The monoisotopic (exact) mass is 233 g/mol. The Labute approximate surface area is 97.0 Å². The van der Waals surface area contributed by atoms with Gasteiger partial charge in [-0.3, -0.25) is 4.79 Å². The maximum atomic E-state index is 11.4. The highest BCUT2D eigenvalue weighted by atomic mass is 16.5. The minimum atomic E-state index is -0.891. The number of aromatic amines is 1. The molecule has 88 valence electrons. The van der Waals surface area contributed by atoms with E-state index in [9.17, 15) is 9.59 Å². The number of carbonyl (C=O) groups is 2. The highest BCUT2D eigenvalue weighted by molar-refractivity contribution is 6.37. The molecule has 0 aliphatic carbocycles. The van der Waals surface area contributed by atoms with Crippen LogP contribution >= 0.6 is 0 Å². The zero-order valence-electron chi connectivity index (χ0n) is 9.19. The van der Waals surface area contributed by atoms with E-state index in [-0.39, 0.29) is 6.61 Å². The molecule has 0 radical (unpaired) electrons. The fraction of sp³-hybridized carbons (Fsp3) is 0.182. The van der Waals surface area contributed by atoms with Crippen LogP contribution in [0.4, 0.5) is 5.69 Å². The number of aromatic nitrogens is 2. The molecule has 2 aromatic rings.